The van der Waals surface area contributed by atoms with Crippen LogP contribution in [-0.4, -0.2) is 36.4 Å². The van der Waals surface area contributed by atoms with Crippen LogP contribution in [0.25, 0.3) is 0 Å². The molecule has 1 aromatic carbocycles. The van der Waals surface area contributed by atoms with E-state index in [2.05, 4.69) is 12.1 Å². The first-order chi connectivity index (χ1) is 9.60. The highest BCUT2D eigenvalue weighted by Crippen LogP contribution is 2.23. The summed E-state index contributed by atoms with van der Waals surface area (Å²) in [5, 5.41) is -0.409. The molecule has 20 heavy (non-hydrogen) atoms. The summed E-state index contributed by atoms with van der Waals surface area (Å²) in [6.45, 7) is 3.40. The Morgan fingerprint density at radius 2 is 1.95 bits per heavy atom. The highest BCUT2D eigenvalue weighted by atomic mass is 35.5. The fraction of sp³-hybridized carbons (Fsp3) is 0.562. The number of benzene rings is 1. The van der Waals surface area contributed by atoms with Gasteiger partial charge in [-0.1, -0.05) is 12.1 Å². The Kier molecular flexibility index (Phi) is 5.30. The van der Waals surface area contributed by atoms with Gasteiger partial charge in [-0.05, 0) is 49.8 Å². The summed E-state index contributed by atoms with van der Waals surface area (Å²) in [4.78, 5) is 13.7. The van der Waals surface area contributed by atoms with E-state index in [9.17, 15) is 4.79 Å². The summed E-state index contributed by atoms with van der Waals surface area (Å²) < 4.78 is 5.17. The summed E-state index contributed by atoms with van der Waals surface area (Å²) in [7, 11) is 1.68. The molecule has 0 spiro atoms. The molecule has 2 rings (SSSR count). The molecule has 1 aromatic rings. The number of methoxy groups -OCH3 is 1. The van der Waals surface area contributed by atoms with Gasteiger partial charge in [-0.15, -0.1) is 11.6 Å². The molecule has 0 aliphatic carbocycles. The highest BCUT2D eigenvalue weighted by molar-refractivity contribution is 6.30. The Balaban J connectivity index is 1.83. The third-order valence-corrected chi connectivity index (χ3v) is 4.14. The van der Waals surface area contributed by atoms with Crippen LogP contribution in [0.3, 0.4) is 0 Å². The maximum absolute atomic E-state index is 11.8. The van der Waals surface area contributed by atoms with Crippen molar-refractivity contribution in [1.29, 1.82) is 0 Å². The summed E-state index contributed by atoms with van der Waals surface area (Å²) >= 11 is 5.85. The van der Waals surface area contributed by atoms with Gasteiger partial charge < -0.3 is 9.64 Å². The van der Waals surface area contributed by atoms with Crippen LogP contribution < -0.4 is 4.74 Å². The van der Waals surface area contributed by atoms with Crippen LogP contribution in [0, 0.1) is 5.92 Å². The number of piperidine rings is 1. The molecule has 110 valence electrons. The molecule has 0 N–H and O–H groups in total. The number of rotatable bonds is 4. The van der Waals surface area contributed by atoms with Crippen molar-refractivity contribution < 1.29 is 9.53 Å². The first-order valence-corrected chi connectivity index (χ1v) is 7.59. The van der Waals surface area contributed by atoms with Crippen LogP contribution in [-0.2, 0) is 11.2 Å². The number of halogens is 1. The minimum absolute atomic E-state index is 0.0644. The van der Waals surface area contributed by atoms with E-state index in [0.29, 0.717) is 5.92 Å². The molecule has 1 aliphatic rings. The van der Waals surface area contributed by atoms with Gasteiger partial charge in [0.25, 0.3) is 0 Å². The minimum atomic E-state index is -0.409. The second-order valence-corrected chi connectivity index (χ2v) is 6.09. The van der Waals surface area contributed by atoms with Crippen LogP contribution in [0.15, 0.2) is 24.3 Å². The van der Waals surface area contributed by atoms with Crippen LogP contribution in [0.4, 0.5) is 0 Å². The lowest BCUT2D eigenvalue weighted by atomic mass is 9.90. The fourth-order valence-electron chi connectivity index (χ4n) is 2.70. The van der Waals surface area contributed by atoms with Crippen LogP contribution >= 0.6 is 11.6 Å². The van der Waals surface area contributed by atoms with Gasteiger partial charge in [0.1, 0.15) is 11.1 Å². The van der Waals surface area contributed by atoms with Gasteiger partial charge in [-0.3, -0.25) is 4.79 Å². The van der Waals surface area contributed by atoms with Gasteiger partial charge in [-0.25, -0.2) is 0 Å². The second-order valence-electron chi connectivity index (χ2n) is 5.44. The lowest BCUT2D eigenvalue weighted by Gasteiger charge is -2.32. The number of carbonyl (C=O) groups is 1. The monoisotopic (exact) mass is 295 g/mol. The molecule has 0 bridgehead atoms. The van der Waals surface area contributed by atoms with Gasteiger partial charge >= 0.3 is 0 Å². The maximum atomic E-state index is 11.8. The number of amides is 1. The predicted octanol–water partition coefficient (Wildman–Crippen LogP) is 3.10. The van der Waals surface area contributed by atoms with Gasteiger partial charge in [0.2, 0.25) is 5.91 Å². The Morgan fingerprint density at radius 1 is 1.35 bits per heavy atom. The lowest BCUT2D eigenvalue weighted by Crippen LogP contribution is -2.41. The standard InChI is InChI=1S/C16H22ClNO2/c1-12(17)16(19)18-9-7-14(8-10-18)11-13-3-5-15(20-2)6-4-13/h3-6,12,14H,7-11H2,1-2H3/t12-/m1/s1. The molecule has 1 aliphatic heterocycles. The SMILES string of the molecule is COc1ccc(CC2CCN(C(=O)[C@@H](C)Cl)CC2)cc1. The number of hydrogen-bond donors (Lipinski definition) is 0. The smallest absolute Gasteiger partial charge is 0.240 e. The van der Waals surface area contributed by atoms with E-state index in [4.69, 9.17) is 16.3 Å². The number of hydrogen-bond acceptors (Lipinski definition) is 2. The number of ether oxygens (including phenoxy) is 1. The first-order valence-electron chi connectivity index (χ1n) is 7.16. The maximum Gasteiger partial charge on any atom is 0.240 e. The quantitative estimate of drug-likeness (QED) is 0.799. The highest BCUT2D eigenvalue weighted by Gasteiger charge is 2.24. The topological polar surface area (TPSA) is 29.5 Å². The van der Waals surface area contributed by atoms with Gasteiger partial charge in [0.15, 0.2) is 0 Å². The lowest BCUT2D eigenvalue weighted by molar-refractivity contribution is -0.131. The molecule has 3 nitrogen and oxygen atoms in total. The minimum Gasteiger partial charge on any atom is -0.497 e. The van der Waals surface area contributed by atoms with Crippen LogP contribution in [0.1, 0.15) is 25.3 Å². The van der Waals surface area contributed by atoms with E-state index in [-0.39, 0.29) is 5.91 Å². The third-order valence-electron chi connectivity index (χ3n) is 3.95. The fourth-order valence-corrected chi connectivity index (χ4v) is 2.84. The number of likely N-dealkylation sites (tertiary alicyclic amines) is 1. The van der Waals surface area contributed by atoms with Crippen molar-refractivity contribution >= 4 is 17.5 Å². The van der Waals surface area contributed by atoms with Crippen molar-refractivity contribution in [3.63, 3.8) is 0 Å². The van der Waals surface area contributed by atoms with Crippen molar-refractivity contribution in [3.8, 4) is 5.75 Å². The molecular weight excluding hydrogens is 274 g/mol. The molecule has 0 radical (unpaired) electrons. The number of nitrogens with zero attached hydrogens (tertiary/aromatic N) is 1. The van der Waals surface area contributed by atoms with E-state index in [0.717, 1.165) is 38.1 Å². The van der Waals surface area contributed by atoms with Crippen molar-refractivity contribution in [2.24, 2.45) is 5.92 Å². The van der Waals surface area contributed by atoms with E-state index < -0.39 is 5.38 Å². The molecule has 0 unspecified atom stereocenters. The first kappa shape index (κ1) is 15.2. The summed E-state index contributed by atoms with van der Waals surface area (Å²) in [5.74, 6) is 1.61. The zero-order valence-electron chi connectivity index (χ0n) is 12.1. The average Bonchev–Trinajstić information content (AvgIpc) is 2.48. The molecule has 1 fully saturated rings. The van der Waals surface area contributed by atoms with E-state index in [1.165, 1.54) is 5.56 Å². The van der Waals surface area contributed by atoms with Gasteiger partial charge in [-0.2, -0.15) is 0 Å². The third kappa shape index (κ3) is 3.89. The van der Waals surface area contributed by atoms with Gasteiger partial charge in [0.05, 0.1) is 7.11 Å². The van der Waals surface area contributed by atoms with Crippen LogP contribution in [0.5, 0.6) is 5.75 Å². The summed E-state index contributed by atoms with van der Waals surface area (Å²) in [6, 6.07) is 8.25. The van der Waals surface area contributed by atoms with Gasteiger partial charge in [0, 0.05) is 13.1 Å². The van der Waals surface area contributed by atoms with Crippen molar-refractivity contribution in [2.75, 3.05) is 20.2 Å². The average molecular weight is 296 g/mol. The Hall–Kier alpha value is -1.22. The van der Waals surface area contributed by atoms with Crippen molar-refractivity contribution in [2.45, 2.75) is 31.6 Å². The largest absolute Gasteiger partial charge is 0.497 e. The molecular formula is C16H22ClNO2. The molecule has 1 atom stereocenters. The summed E-state index contributed by atoms with van der Waals surface area (Å²) in [6.07, 6.45) is 3.19. The normalized spacial score (nSPS) is 17.9. The second kappa shape index (κ2) is 6.98. The predicted molar refractivity (Wildman–Crippen MR) is 81.3 cm³/mol. The molecule has 4 heteroatoms. The zero-order valence-corrected chi connectivity index (χ0v) is 12.9. The van der Waals surface area contributed by atoms with Crippen LogP contribution in [0.2, 0.25) is 0 Å². The van der Waals surface area contributed by atoms with Crippen molar-refractivity contribution in [3.05, 3.63) is 29.8 Å². The van der Waals surface area contributed by atoms with E-state index in [1.807, 2.05) is 17.0 Å². The molecule has 1 heterocycles. The van der Waals surface area contributed by atoms with Crippen molar-refractivity contribution in [1.82, 2.24) is 4.90 Å². The summed E-state index contributed by atoms with van der Waals surface area (Å²) in [5.41, 5.74) is 1.33. The van der Waals surface area contributed by atoms with E-state index >= 15 is 0 Å². The Morgan fingerprint density at radius 3 is 2.45 bits per heavy atom. The molecule has 1 saturated heterocycles. The molecule has 0 aromatic heterocycles. The number of carbonyl (C=O) groups excluding carboxylic acids is 1. The van der Waals surface area contributed by atoms with E-state index in [1.54, 1.807) is 14.0 Å². The Labute approximate surface area is 125 Å². The Bertz CT molecular complexity index is 436. The number of alkyl halides is 1. The molecule has 0 saturated carbocycles. The molecule has 1 amide bonds. The zero-order chi connectivity index (χ0) is 14.5.